The number of hydrogen-bond donors (Lipinski definition) is 0. The molecule has 1 aliphatic heterocycles. The topological polar surface area (TPSA) is 33.5 Å². The first-order valence-corrected chi connectivity index (χ1v) is 33.7. The molecule has 0 saturated heterocycles. The molecule has 0 atom stereocenters. The van der Waals surface area contributed by atoms with Gasteiger partial charge in [-0.1, -0.05) is 248 Å². The number of fused-ring (bicyclic) bond motifs is 7. The molecule has 3 heterocycles. The average molecular weight is 1410 g/mol. The van der Waals surface area contributed by atoms with Crippen molar-refractivity contribution in [1.29, 1.82) is 0 Å². The fourth-order valence-corrected chi connectivity index (χ4v) is 17.9. The minimum absolute atomic E-state index is 0. The van der Waals surface area contributed by atoms with Crippen molar-refractivity contribution in [2.45, 2.75) is 37.5 Å². The fourth-order valence-electron chi connectivity index (χ4n) is 17.9. The van der Waals surface area contributed by atoms with Crippen molar-refractivity contribution in [3.8, 4) is 73.0 Å². The SMILES string of the molecule is [Pt].[c-]1c(Oc2[c-]c3c(cc2)c2ccccc2n3-c2cc(C3(c4cccc5c4ccc4ccccc45)C4CC5CC(C4)CC3C5)ccn2)cc(-c2c(-c3ccccc3)cccc2-c2ccccc2)cc1N1[CH-]N(c2c(-c3ccccc3)cccc2-c2ccccc2)c2ccccc21. The molecule has 4 fully saturated rings. The predicted octanol–water partition coefficient (Wildman–Crippen LogP) is 23.4. The molecule has 0 unspecified atom stereocenters. The van der Waals surface area contributed by atoms with Crippen LogP contribution in [0.5, 0.6) is 11.5 Å². The first-order chi connectivity index (χ1) is 47.1. The zero-order valence-electron chi connectivity index (χ0n) is 52.8. The maximum atomic E-state index is 7.41. The van der Waals surface area contributed by atoms with Crippen LogP contribution in [0.3, 0.4) is 0 Å². The molecule has 2 aromatic heterocycles. The Labute approximate surface area is 574 Å². The van der Waals surface area contributed by atoms with Gasteiger partial charge < -0.3 is 19.1 Å². The normalized spacial score (nSPS) is 18.5. The molecule has 6 heteroatoms. The van der Waals surface area contributed by atoms with Crippen LogP contribution in [0.4, 0.5) is 22.7 Å². The smallest absolute Gasteiger partial charge is 0.135 e. The Kier molecular flexibility index (Phi) is 14.3. The molecule has 4 aliphatic carbocycles. The van der Waals surface area contributed by atoms with Gasteiger partial charge in [-0.3, -0.25) is 0 Å². The van der Waals surface area contributed by atoms with Gasteiger partial charge in [0, 0.05) is 77.9 Å². The van der Waals surface area contributed by atoms with Crippen LogP contribution in [0, 0.1) is 42.5 Å². The molecule has 4 saturated carbocycles. The number of aromatic nitrogens is 2. The van der Waals surface area contributed by atoms with E-state index in [2.05, 4.69) is 337 Å². The maximum absolute atomic E-state index is 7.41. The van der Waals surface area contributed by atoms with Crippen molar-refractivity contribution < 1.29 is 25.8 Å². The molecule has 15 aromatic rings. The van der Waals surface area contributed by atoms with Gasteiger partial charge in [-0.25, -0.2) is 4.98 Å². The van der Waals surface area contributed by atoms with Crippen molar-refractivity contribution in [2.75, 3.05) is 9.80 Å². The monoisotopic (exact) mass is 1410 g/mol. The summed E-state index contributed by atoms with van der Waals surface area (Å²) in [7, 11) is 0. The molecular formula is C90H65N4OPt-3. The van der Waals surface area contributed by atoms with Crippen LogP contribution in [-0.2, 0) is 26.5 Å². The second-order valence-corrected chi connectivity index (χ2v) is 26.7. The second-order valence-electron chi connectivity index (χ2n) is 26.7. The molecule has 0 N–H and O–H groups in total. The molecule has 20 rings (SSSR count). The summed E-state index contributed by atoms with van der Waals surface area (Å²) in [4.78, 5) is 10.0. The van der Waals surface area contributed by atoms with E-state index in [1.54, 1.807) is 0 Å². The molecule has 4 bridgehead atoms. The van der Waals surface area contributed by atoms with E-state index in [4.69, 9.17) is 9.72 Å². The minimum Gasteiger partial charge on any atom is -0.509 e. The Morgan fingerprint density at radius 2 is 0.948 bits per heavy atom. The molecule has 0 radical (unpaired) electrons. The van der Waals surface area contributed by atoms with E-state index in [0.717, 1.165) is 118 Å². The van der Waals surface area contributed by atoms with Gasteiger partial charge in [0.1, 0.15) is 5.82 Å². The van der Waals surface area contributed by atoms with Crippen molar-refractivity contribution in [3.63, 3.8) is 0 Å². The van der Waals surface area contributed by atoms with Crippen LogP contribution in [0.1, 0.15) is 43.2 Å². The number of hydrogen-bond acceptors (Lipinski definition) is 4. The largest absolute Gasteiger partial charge is 0.509 e. The van der Waals surface area contributed by atoms with Crippen LogP contribution < -0.4 is 14.5 Å². The van der Waals surface area contributed by atoms with Crippen LogP contribution in [0.2, 0.25) is 0 Å². The number of anilines is 4. The third-order valence-electron chi connectivity index (χ3n) is 21.6. The standard InChI is InChI=1S/C90H65N4O.Pt/c1-5-22-61(23-6-1)74-33-19-34-75(62-24-7-2-8-25-62)88(74)66-53-70(92-58-93(85-41-18-17-40-84(85)92)89-76(63-26-9-3-10-27-63)35-20-36-77(89)64-28-11-4-12-29-64)56-72(54-66)95-71-43-45-81-80-32-15-16-39-83(80)94(86(81)57-71)87-55-67(46-47-91-87)90(68-49-59-48-60(51-68)52-69(90)50-59)82-38-21-37-78-73-31-14-13-30-65(73)42-44-79(78)82;/h1-47,53-55,58-60,68-69H,48-52H2;/q-3;. The Morgan fingerprint density at radius 1 is 0.406 bits per heavy atom. The van der Waals surface area contributed by atoms with Crippen molar-refractivity contribution in [2.24, 2.45) is 23.7 Å². The van der Waals surface area contributed by atoms with Gasteiger partial charge in [-0.05, 0) is 163 Å². The van der Waals surface area contributed by atoms with Gasteiger partial charge in [0.05, 0.1) is 0 Å². The average Bonchev–Trinajstić information content (AvgIpc) is 0.846. The fraction of sp³-hybridized carbons (Fsp3) is 0.111. The van der Waals surface area contributed by atoms with Gasteiger partial charge in [-0.2, -0.15) is 6.07 Å². The molecule has 5 aliphatic rings. The Balaban J connectivity index is 0.00000672. The van der Waals surface area contributed by atoms with E-state index >= 15 is 0 Å². The Hall–Kier alpha value is -10.6. The third-order valence-corrected chi connectivity index (χ3v) is 21.6. The van der Waals surface area contributed by atoms with Gasteiger partial charge in [0.2, 0.25) is 0 Å². The zero-order valence-corrected chi connectivity index (χ0v) is 55.1. The molecule has 13 aromatic carbocycles. The number of rotatable bonds is 12. The summed E-state index contributed by atoms with van der Waals surface area (Å²) < 4.78 is 9.75. The van der Waals surface area contributed by atoms with Gasteiger partial charge in [0.15, 0.2) is 0 Å². The predicted molar refractivity (Wildman–Crippen MR) is 391 cm³/mol. The van der Waals surface area contributed by atoms with Crippen molar-refractivity contribution in [1.82, 2.24) is 9.55 Å². The second kappa shape index (κ2) is 23.7. The number of ether oxygens (including phenoxy) is 1. The summed E-state index contributed by atoms with van der Waals surface area (Å²) in [6.45, 7) is 2.24. The van der Waals surface area contributed by atoms with Crippen LogP contribution in [0.15, 0.2) is 303 Å². The van der Waals surface area contributed by atoms with Gasteiger partial charge >= 0.3 is 0 Å². The summed E-state index contributed by atoms with van der Waals surface area (Å²) >= 11 is 0. The summed E-state index contributed by atoms with van der Waals surface area (Å²) in [6.07, 6.45) is 8.54. The molecule has 5 nitrogen and oxygen atoms in total. The molecular weight excluding hydrogens is 1350 g/mol. The van der Waals surface area contributed by atoms with E-state index < -0.39 is 0 Å². The summed E-state index contributed by atoms with van der Waals surface area (Å²) in [6, 6.07) is 116. The van der Waals surface area contributed by atoms with E-state index in [-0.39, 0.29) is 26.5 Å². The Morgan fingerprint density at radius 3 is 1.60 bits per heavy atom. The van der Waals surface area contributed by atoms with Gasteiger partial charge in [-0.15, -0.1) is 53.6 Å². The quantitative estimate of drug-likeness (QED) is 0.0902. The van der Waals surface area contributed by atoms with E-state index in [1.165, 1.54) is 64.8 Å². The summed E-state index contributed by atoms with van der Waals surface area (Å²) in [5, 5.41) is 7.55. The Bertz CT molecular complexity index is 5330. The van der Waals surface area contributed by atoms with Gasteiger partial charge in [0.25, 0.3) is 0 Å². The van der Waals surface area contributed by atoms with Crippen LogP contribution >= 0.6 is 0 Å². The van der Waals surface area contributed by atoms with E-state index in [1.807, 2.05) is 0 Å². The molecule has 0 amide bonds. The number of nitrogens with zero attached hydrogens (tertiary/aromatic N) is 4. The minimum atomic E-state index is -0.179. The van der Waals surface area contributed by atoms with Crippen LogP contribution in [-0.4, -0.2) is 9.55 Å². The first kappa shape index (κ1) is 58.0. The maximum Gasteiger partial charge on any atom is 0.135 e. The number of para-hydroxylation sites is 4. The summed E-state index contributed by atoms with van der Waals surface area (Å²) in [5.41, 5.74) is 19.7. The third kappa shape index (κ3) is 9.49. The van der Waals surface area contributed by atoms with Crippen LogP contribution in [0.25, 0.3) is 105 Å². The number of benzene rings is 13. The number of pyridine rings is 1. The molecule has 96 heavy (non-hydrogen) atoms. The van der Waals surface area contributed by atoms with E-state index in [9.17, 15) is 0 Å². The van der Waals surface area contributed by atoms with E-state index in [0.29, 0.717) is 23.3 Å². The van der Waals surface area contributed by atoms with Crippen molar-refractivity contribution >= 4 is 66.1 Å². The molecule has 464 valence electrons. The zero-order chi connectivity index (χ0) is 62.6. The first-order valence-electron chi connectivity index (χ1n) is 33.7. The molecule has 0 spiro atoms. The van der Waals surface area contributed by atoms with Crippen molar-refractivity contribution in [3.05, 3.63) is 333 Å². The summed E-state index contributed by atoms with van der Waals surface area (Å²) in [5.74, 6) is 4.67.